The lowest BCUT2D eigenvalue weighted by molar-refractivity contribution is -0.129. The van der Waals surface area contributed by atoms with Crippen LogP contribution in [-0.2, 0) is 10.3 Å². The summed E-state index contributed by atoms with van der Waals surface area (Å²) in [6.07, 6.45) is 3.30. The number of carbonyl (C=O) groups is 1. The minimum absolute atomic E-state index is 0.208. The summed E-state index contributed by atoms with van der Waals surface area (Å²) in [6, 6.07) is 10.1. The number of hydrogen-bond acceptors (Lipinski definition) is 1. The van der Waals surface area contributed by atoms with Gasteiger partial charge >= 0.3 is 0 Å². The monoisotopic (exact) mass is 217 g/mol. The van der Waals surface area contributed by atoms with Gasteiger partial charge in [-0.3, -0.25) is 4.79 Å². The number of hydrogen-bond donors (Lipinski definition) is 1. The van der Waals surface area contributed by atoms with Gasteiger partial charge in [-0.15, -0.1) is 0 Å². The van der Waals surface area contributed by atoms with Crippen LogP contribution in [0.15, 0.2) is 30.3 Å². The fourth-order valence-corrected chi connectivity index (χ4v) is 2.01. The standard InChI is InChI=1S/C14H19NO/c1-14(2,12-9-4-3-5-10-12)15-13(16)11-7-6-8-11/h3-5,9-11H,6-8H2,1-2H3,(H,15,16). The van der Waals surface area contributed by atoms with E-state index in [-0.39, 0.29) is 17.4 Å². The van der Waals surface area contributed by atoms with E-state index in [4.69, 9.17) is 0 Å². The highest BCUT2D eigenvalue weighted by Gasteiger charge is 2.30. The van der Waals surface area contributed by atoms with Crippen LogP contribution in [0.25, 0.3) is 0 Å². The Morgan fingerprint density at radius 3 is 2.38 bits per heavy atom. The lowest BCUT2D eigenvalue weighted by Crippen LogP contribution is -2.45. The first-order chi connectivity index (χ1) is 7.59. The van der Waals surface area contributed by atoms with Gasteiger partial charge in [-0.25, -0.2) is 0 Å². The van der Waals surface area contributed by atoms with Crippen molar-refractivity contribution in [1.82, 2.24) is 5.32 Å². The zero-order valence-electron chi connectivity index (χ0n) is 9.99. The Morgan fingerprint density at radius 1 is 1.25 bits per heavy atom. The largest absolute Gasteiger partial charge is 0.347 e. The third-order valence-electron chi connectivity index (χ3n) is 3.41. The summed E-state index contributed by atoms with van der Waals surface area (Å²) in [6.45, 7) is 4.11. The van der Waals surface area contributed by atoms with Crippen LogP contribution in [0.5, 0.6) is 0 Å². The Morgan fingerprint density at radius 2 is 1.88 bits per heavy atom. The molecule has 1 aliphatic rings. The molecule has 0 saturated heterocycles. The first-order valence-corrected chi connectivity index (χ1v) is 5.97. The maximum atomic E-state index is 11.9. The Balaban J connectivity index is 2.04. The van der Waals surface area contributed by atoms with E-state index >= 15 is 0 Å². The molecule has 16 heavy (non-hydrogen) atoms. The number of rotatable bonds is 3. The van der Waals surface area contributed by atoms with E-state index < -0.39 is 0 Å². The van der Waals surface area contributed by atoms with Crippen LogP contribution in [0.2, 0.25) is 0 Å². The molecule has 86 valence electrons. The van der Waals surface area contributed by atoms with Gasteiger partial charge in [0.05, 0.1) is 5.54 Å². The minimum Gasteiger partial charge on any atom is -0.347 e. The van der Waals surface area contributed by atoms with Crippen molar-refractivity contribution in [3.8, 4) is 0 Å². The zero-order valence-corrected chi connectivity index (χ0v) is 9.99. The quantitative estimate of drug-likeness (QED) is 0.828. The van der Waals surface area contributed by atoms with Gasteiger partial charge in [-0.1, -0.05) is 36.8 Å². The van der Waals surface area contributed by atoms with Crippen molar-refractivity contribution >= 4 is 5.91 Å². The molecule has 2 nitrogen and oxygen atoms in total. The van der Waals surface area contributed by atoms with E-state index in [2.05, 4.69) is 31.3 Å². The fourth-order valence-electron chi connectivity index (χ4n) is 2.01. The second-order valence-corrected chi connectivity index (χ2v) is 5.11. The molecule has 1 aromatic carbocycles. The molecule has 1 saturated carbocycles. The average molecular weight is 217 g/mol. The van der Waals surface area contributed by atoms with E-state index in [1.165, 1.54) is 6.42 Å². The molecular formula is C14H19NO. The lowest BCUT2D eigenvalue weighted by atomic mass is 9.83. The smallest absolute Gasteiger partial charge is 0.223 e. The topological polar surface area (TPSA) is 29.1 Å². The molecule has 0 bridgehead atoms. The average Bonchev–Trinajstić information content (AvgIpc) is 2.15. The highest BCUT2D eigenvalue weighted by atomic mass is 16.2. The molecule has 1 N–H and O–H groups in total. The molecule has 1 amide bonds. The summed E-state index contributed by atoms with van der Waals surface area (Å²) in [5.74, 6) is 0.461. The Hall–Kier alpha value is -1.31. The highest BCUT2D eigenvalue weighted by Crippen LogP contribution is 2.28. The number of carbonyl (C=O) groups excluding carboxylic acids is 1. The van der Waals surface area contributed by atoms with Crippen molar-refractivity contribution in [2.75, 3.05) is 0 Å². The van der Waals surface area contributed by atoms with E-state index in [9.17, 15) is 4.79 Å². The van der Waals surface area contributed by atoms with Gasteiger partial charge in [0.25, 0.3) is 0 Å². The molecule has 0 heterocycles. The van der Waals surface area contributed by atoms with E-state index in [0.717, 1.165) is 18.4 Å². The molecule has 1 aromatic rings. The van der Waals surface area contributed by atoms with Crippen molar-refractivity contribution < 1.29 is 4.79 Å². The maximum Gasteiger partial charge on any atom is 0.223 e. The van der Waals surface area contributed by atoms with Crippen LogP contribution in [0, 0.1) is 5.92 Å². The molecule has 0 aliphatic heterocycles. The number of amides is 1. The molecule has 0 aromatic heterocycles. The van der Waals surface area contributed by atoms with Crippen molar-refractivity contribution in [1.29, 1.82) is 0 Å². The van der Waals surface area contributed by atoms with Gasteiger partial charge in [0.15, 0.2) is 0 Å². The summed E-state index contributed by atoms with van der Waals surface area (Å²) in [5.41, 5.74) is 0.885. The van der Waals surface area contributed by atoms with Crippen LogP contribution >= 0.6 is 0 Å². The third kappa shape index (κ3) is 2.26. The molecule has 0 spiro atoms. The molecule has 0 atom stereocenters. The van der Waals surface area contributed by atoms with Crippen LogP contribution in [0.1, 0.15) is 38.7 Å². The second-order valence-electron chi connectivity index (χ2n) is 5.11. The van der Waals surface area contributed by atoms with Crippen molar-refractivity contribution in [3.63, 3.8) is 0 Å². The van der Waals surface area contributed by atoms with Gasteiger partial charge in [-0.2, -0.15) is 0 Å². The van der Waals surface area contributed by atoms with E-state index in [0.29, 0.717) is 0 Å². The number of nitrogens with one attached hydrogen (secondary N) is 1. The van der Waals surface area contributed by atoms with Gasteiger partial charge in [0.2, 0.25) is 5.91 Å². The fraction of sp³-hybridized carbons (Fsp3) is 0.500. The van der Waals surface area contributed by atoms with Gasteiger partial charge < -0.3 is 5.32 Å². The van der Waals surface area contributed by atoms with Crippen LogP contribution in [0.3, 0.4) is 0 Å². The SMILES string of the molecule is CC(C)(NC(=O)C1CCC1)c1ccccc1. The summed E-state index contributed by atoms with van der Waals surface area (Å²) < 4.78 is 0. The lowest BCUT2D eigenvalue weighted by Gasteiger charge is -2.32. The van der Waals surface area contributed by atoms with Crippen LogP contribution in [0.4, 0.5) is 0 Å². The van der Waals surface area contributed by atoms with Gasteiger partial charge in [0, 0.05) is 5.92 Å². The Labute approximate surface area is 97.1 Å². The maximum absolute atomic E-state index is 11.9. The predicted molar refractivity (Wildman–Crippen MR) is 65.0 cm³/mol. The van der Waals surface area contributed by atoms with Gasteiger partial charge in [0.1, 0.15) is 0 Å². The molecule has 2 heteroatoms. The summed E-state index contributed by atoms with van der Waals surface area (Å²) in [5, 5.41) is 3.14. The van der Waals surface area contributed by atoms with Gasteiger partial charge in [-0.05, 0) is 32.3 Å². The van der Waals surface area contributed by atoms with Crippen molar-refractivity contribution in [2.24, 2.45) is 5.92 Å². The Bertz CT molecular complexity index is 366. The van der Waals surface area contributed by atoms with Crippen molar-refractivity contribution in [2.45, 2.75) is 38.6 Å². The first-order valence-electron chi connectivity index (χ1n) is 5.97. The molecule has 1 fully saturated rings. The summed E-state index contributed by atoms with van der Waals surface area (Å²) in [4.78, 5) is 11.9. The molecule has 1 aliphatic carbocycles. The summed E-state index contributed by atoms with van der Waals surface area (Å²) in [7, 11) is 0. The van der Waals surface area contributed by atoms with Crippen LogP contribution in [-0.4, -0.2) is 5.91 Å². The van der Waals surface area contributed by atoms with Crippen LogP contribution < -0.4 is 5.32 Å². The molecule has 0 unspecified atom stereocenters. The second kappa shape index (κ2) is 4.28. The Kier molecular flexibility index (Phi) is 2.99. The minimum atomic E-state index is -0.270. The summed E-state index contributed by atoms with van der Waals surface area (Å²) >= 11 is 0. The van der Waals surface area contributed by atoms with Crippen molar-refractivity contribution in [3.05, 3.63) is 35.9 Å². The van der Waals surface area contributed by atoms with E-state index in [1.54, 1.807) is 0 Å². The number of benzene rings is 1. The molecule has 0 radical (unpaired) electrons. The molecule has 2 rings (SSSR count). The van der Waals surface area contributed by atoms with E-state index in [1.807, 2.05) is 18.2 Å². The predicted octanol–water partition coefficient (Wildman–Crippen LogP) is 2.84. The third-order valence-corrected chi connectivity index (χ3v) is 3.41. The normalized spacial score (nSPS) is 16.6. The highest BCUT2D eigenvalue weighted by molar-refractivity contribution is 5.80. The molecular weight excluding hydrogens is 198 g/mol. The first kappa shape index (κ1) is 11.2. The zero-order chi connectivity index (χ0) is 11.6.